The highest BCUT2D eigenvalue weighted by atomic mass is 16.4. The third kappa shape index (κ3) is 13.7. The van der Waals surface area contributed by atoms with Gasteiger partial charge in [0.05, 0.1) is 16.7 Å². The van der Waals surface area contributed by atoms with Crippen molar-refractivity contribution in [2.24, 2.45) is 0 Å². The molecule has 240 valence electrons. The van der Waals surface area contributed by atoms with Crippen LogP contribution >= 0.6 is 0 Å². The predicted octanol–water partition coefficient (Wildman–Crippen LogP) is 10.7. The van der Waals surface area contributed by atoms with Gasteiger partial charge in [-0.3, -0.25) is 0 Å². The topological polar surface area (TPSA) is 112 Å². The number of carboxylic acids is 3. The lowest BCUT2D eigenvalue weighted by molar-refractivity contribution is 0.0693. The first-order valence-corrected chi connectivity index (χ1v) is 17.2. The summed E-state index contributed by atoms with van der Waals surface area (Å²) in [5, 5.41) is 31.1. The zero-order valence-electron chi connectivity index (χ0n) is 27.0. The second-order valence-electron chi connectivity index (χ2n) is 12.1. The SMILES string of the molecule is CCCCCCCCCc1c(C(=O)O)c(CCCCCCCCC)c(C(=O)O)c(CCCCCCCCC)c1C(=O)O. The fraction of sp³-hybridized carbons (Fsp3) is 0.750. The van der Waals surface area contributed by atoms with Crippen LogP contribution in [-0.4, -0.2) is 33.2 Å². The maximum atomic E-state index is 12.7. The molecule has 0 aliphatic rings. The van der Waals surface area contributed by atoms with Gasteiger partial charge < -0.3 is 15.3 Å². The van der Waals surface area contributed by atoms with Crippen molar-refractivity contribution >= 4 is 17.9 Å². The Bertz CT molecular complexity index is 795. The van der Waals surface area contributed by atoms with E-state index in [0.29, 0.717) is 55.2 Å². The van der Waals surface area contributed by atoms with Gasteiger partial charge in [0.2, 0.25) is 0 Å². The minimum absolute atomic E-state index is 0.0647. The van der Waals surface area contributed by atoms with Crippen LogP contribution < -0.4 is 0 Å². The first kappa shape index (κ1) is 37.7. The molecule has 0 aliphatic carbocycles. The Morgan fingerprint density at radius 2 is 0.548 bits per heavy atom. The maximum absolute atomic E-state index is 12.7. The number of carbonyl (C=O) groups is 3. The molecule has 0 bridgehead atoms. The molecule has 0 aromatic heterocycles. The summed E-state index contributed by atoms with van der Waals surface area (Å²) >= 11 is 0. The van der Waals surface area contributed by atoms with Gasteiger partial charge >= 0.3 is 17.9 Å². The number of rotatable bonds is 27. The van der Waals surface area contributed by atoms with Crippen molar-refractivity contribution in [2.75, 3.05) is 0 Å². The van der Waals surface area contributed by atoms with E-state index in [9.17, 15) is 29.7 Å². The molecule has 3 N–H and O–H groups in total. The zero-order valence-corrected chi connectivity index (χ0v) is 27.0. The third-order valence-corrected chi connectivity index (χ3v) is 8.54. The number of unbranched alkanes of at least 4 members (excludes halogenated alkanes) is 18. The summed E-state index contributed by atoms with van der Waals surface area (Å²) in [4.78, 5) is 38.2. The summed E-state index contributed by atoms with van der Waals surface area (Å²) in [5.74, 6) is -3.63. The van der Waals surface area contributed by atoms with Crippen LogP contribution in [0.25, 0.3) is 0 Å². The second-order valence-corrected chi connectivity index (χ2v) is 12.1. The van der Waals surface area contributed by atoms with Gasteiger partial charge in [-0.25, -0.2) is 14.4 Å². The normalized spacial score (nSPS) is 11.2. The molecule has 0 spiro atoms. The molecule has 0 fully saturated rings. The number of carboxylic acid groups (broad SMARTS) is 3. The lowest BCUT2D eigenvalue weighted by Crippen LogP contribution is -2.22. The van der Waals surface area contributed by atoms with E-state index in [4.69, 9.17) is 0 Å². The third-order valence-electron chi connectivity index (χ3n) is 8.54. The van der Waals surface area contributed by atoms with E-state index in [-0.39, 0.29) is 16.7 Å². The lowest BCUT2D eigenvalue weighted by atomic mass is 9.81. The Labute approximate surface area is 255 Å². The molecule has 42 heavy (non-hydrogen) atoms. The molecule has 0 saturated heterocycles. The van der Waals surface area contributed by atoms with Gasteiger partial charge in [-0.2, -0.15) is 0 Å². The van der Waals surface area contributed by atoms with Gasteiger partial charge in [0.15, 0.2) is 0 Å². The van der Waals surface area contributed by atoms with Crippen molar-refractivity contribution in [3.8, 4) is 0 Å². The Kier molecular flexibility index (Phi) is 20.7. The second kappa shape index (κ2) is 23.1. The first-order chi connectivity index (χ1) is 20.3. The summed E-state index contributed by atoms with van der Waals surface area (Å²) in [6.07, 6.45) is 23.0. The largest absolute Gasteiger partial charge is 0.478 e. The minimum atomic E-state index is -1.21. The number of hydrogen-bond acceptors (Lipinski definition) is 3. The molecule has 6 heteroatoms. The first-order valence-electron chi connectivity index (χ1n) is 17.2. The van der Waals surface area contributed by atoms with Crippen LogP contribution in [0.1, 0.15) is 203 Å². The highest BCUT2D eigenvalue weighted by Crippen LogP contribution is 2.33. The van der Waals surface area contributed by atoms with Crippen LogP contribution in [0.15, 0.2) is 0 Å². The minimum Gasteiger partial charge on any atom is -0.478 e. The quantitative estimate of drug-likeness (QED) is 0.0881. The average molecular weight is 589 g/mol. The van der Waals surface area contributed by atoms with Crippen molar-refractivity contribution in [3.63, 3.8) is 0 Å². The fourth-order valence-corrected chi connectivity index (χ4v) is 6.22. The number of hydrogen-bond donors (Lipinski definition) is 3. The Hall–Kier alpha value is -2.37. The van der Waals surface area contributed by atoms with Crippen LogP contribution in [-0.2, 0) is 19.3 Å². The molecular weight excluding hydrogens is 528 g/mol. The van der Waals surface area contributed by atoms with E-state index >= 15 is 0 Å². The Balaban J connectivity index is 3.39. The zero-order chi connectivity index (χ0) is 31.2. The standard InChI is InChI=1S/C36H60O6/c1-4-7-10-13-16-19-22-25-28-31(34(37)38)29(26-23-20-17-14-11-8-5-2)33(36(41)42)30(32(28)35(39)40)27-24-21-18-15-12-9-6-3/h4-27H2,1-3H3,(H,37,38)(H,39,40)(H,41,42). The molecule has 6 nitrogen and oxygen atoms in total. The van der Waals surface area contributed by atoms with E-state index in [0.717, 1.165) is 57.8 Å². The van der Waals surface area contributed by atoms with E-state index < -0.39 is 17.9 Å². The molecule has 0 aliphatic heterocycles. The van der Waals surface area contributed by atoms with Crippen molar-refractivity contribution in [2.45, 2.75) is 175 Å². The number of aromatic carboxylic acids is 3. The summed E-state index contributed by atoms with van der Waals surface area (Å²) in [5.41, 5.74) is 0.818. The number of benzene rings is 1. The smallest absolute Gasteiger partial charge is 0.336 e. The van der Waals surface area contributed by atoms with Gasteiger partial charge in [0, 0.05) is 0 Å². The van der Waals surface area contributed by atoms with Crippen LogP contribution in [0.4, 0.5) is 0 Å². The van der Waals surface area contributed by atoms with Gasteiger partial charge in [-0.05, 0) is 55.2 Å². The Morgan fingerprint density at radius 3 is 0.738 bits per heavy atom. The van der Waals surface area contributed by atoms with Crippen LogP contribution in [0.5, 0.6) is 0 Å². The Morgan fingerprint density at radius 1 is 0.357 bits per heavy atom. The maximum Gasteiger partial charge on any atom is 0.336 e. The van der Waals surface area contributed by atoms with E-state index in [2.05, 4.69) is 20.8 Å². The van der Waals surface area contributed by atoms with Gasteiger partial charge in [-0.1, -0.05) is 136 Å². The van der Waals surface area contributed by atoms with Crippen LogP contribution in [0.3, 0.4) is 0 Å². The molecular formula is C36H60O6. The molecule has 0 heterocycles. The summed E-state index contributed by atoms with van der Waals surface area (Å²) in [7, 11) is 0. The monoisotopic (exact) mass is 588 g/mol. The molecule has 0 amide bonds. The molecule has 1 rings (SSSR count). The van der Waals surface area contributed by atoms with Crippen molar-refractivity contribution < 1.29 is 29.7 Å². The molecule has 0 atom stereocenters. The predicted molar refractivity (Wildman–Crippen MR) is 172 cm³/mol. The molecule has 0 radical (unpaired) electrons. The van der Waals surface area contributed by atoms with E-state index in [1.54, 1.807) is 0 Å². The summed E-state index contributed by atoms with van der Waals surface area (Å²) in [6.45, 7) is 6.53. The fourth-order valence-electron chi connectivity index (χ4n) is 6.22. The van der Waals surface area contributed by atoms with Gasteiger partial charge in [-0.15, -0.1) is 0 Å². The van der Waals surface area contributed by atoms with Gasteiger partial charge in [0.25, 0.3) is 0 Å². The highest BCUT2D eigenvalue weighted by Gasteiger charge is 2.32. The molecule has 1 aromatic carbocycles. The summed E-state index contributed by atoms with van der Waals surface area (Å²) < 4.78 is 0. The van der Waals surface area contributed by atoms with E-state index in [1.807, 2.05) is 0 Å². The van der Waals surface area contributed by atoms with Crippen molar-refractivity contribution in [3.05, 3.63) is 33.4 Å². The highest BCUT2D eigenvalue weighted by molar-refractivity contribution is 6.05. The van der Waals surface area contributed by atoms with Crippen molar-refractivity contribution in [1.82, 2.24) is 0 Å². The van der Waals surface area contributed by atoms with Crippen molar-refractivity contribution in [1.29, 1.82) is 0 Å². The lowest BCUT2D eigenvalue weighted by Gasteiger charge is -2.22. The molecule has 1 aromatic rings. The summed E-state index contributed by atoms with van der Waals surface area (Å²) in [6, 6.07) is 0. The van der Waals surface area contributed by atoms with Crippen LogP contribution in [0.2, 0.25) is 0 Å². The van der Waals surface area contributed by atoms with Crippen LogP contribution in [0, 0.1) is 0 Å². The molecule has 0 saturated carbocycles. The molecule has 0 unspecified atom stereocenters. The van der Waals surface area contributed by atoms with E-state index in [1.165, 1.54) is 57.8 Å². The average Bonchev–Trinajstić information content (AvgIpc) is 2.94. The van der Waals surface area contributed by atoms with Gasteiger partial charge in [0.1, 0.15) is 0 Å².